The highest BCUT2D eigenvalue weighted by molar-refractivity contribution is 5.55. The van der Waals surface area contributed by atoms with E-state index in [2.05, 4.69) is 55.1 Å². The van der Waals surface area contributed by atoms with Gasteiger partial charge < -0.3 is 9.47 Å². The van der Waals surface area contributed by atoms with Gasteiger partial charge in [-0.2, -0.15) is 0 Å². The lowest BCUT2D eigenvalue weighted by molar-refractivity contribution is 0.139. The number of fused-ring (bicyclic) bond motifs is 2. The van der Waals surface area contributed by atoms with E-state index < -0.39 is 0 Å². The fourth-order valence-corrected chi connectivity index (χ4v) is 4.86. The number of likely N-dealkylation sites (tertiary alicyclic amines) is 1. The van der Waals surface area contributed by atoms with Gasteiger partial charge in [0.05, 0.1) is 5.69 Å². The van der Waals surface area contributed by atoms with Gasteiger partial charge in [0.1, 0.15) is 12.2 Å². The first-order valence-electron chi connectivity index (χ1n) is 10.2. The van der Waals surface area contributed by atoms with Crippen LogP contribution in [0.4, 0.5) is 0 Å². The summed E-state index contributed by atoms with van der Waals surface area (Å²) >= 11 is 0. The third-order valence-corrected chi connectivity index (χ3v) is 6.39. The smallest absolute Gasteiger partial charge is 0.159 e. The maximum atomic E-state index is 5.10. The van der Waals surface area contributed by atoms with Crippen LogP contribution in [0.1, 0.15) is 36.3 Å². The zero-order chi connectivity index (χ0) is 19.0. The molecule has 0 amide bonds. The van der Waals surface area contributed by atoms with Crippen LogP contribution < -0.4 is 0 Å². The van der Waals surface area contributed by atoms with Crippen molar-refractivity contribution in [1.82, 2.24) is 29.6 Å². The summed E-state index contributed by atoms with van der Waals surface area (Å²) in [5.74, 6) is 1.84. The molecule has 1 spiro atoms. The minimum atomic E-state index is 0.183. The Bertz CT molecular complexity index is 962. The van der Waals surface area contributed by atoms with Crippen molar-refractivity contribution in [2.24, 2.45) is 0 Å². The number of rotatable bonds is 4. The van der Waals surface area contributed by atoms with Crippen molar-refractivity contribution in [1.29, 1.82) is 0 Å². The molecule has 1 aliphatic heterocycles. The van der Waals surface area contributed by atoms with Crippen molar-refractivity contribution in [3.8, 4) is 11.4 Å². The predicted octanol–water partition coefficient (Wildman–Crippen LogP) is 3.02. The fourth-order valence-electron chi connectivity index (χ4n) is 4.86. The topological polar surface area (TPSA) is 59.7 Å². The van der Waals surface area contributed by atoms with Crippen LogP contribution in [0.25, 0.3) is 11.4 Å². The molecule has 5 rings (SSSR count). The SMILES string of the molecule is Cc1nncn1CCN1CCCC2(CCc3cnc(-c4ccccc4)nc32)C1. The molecule has 1 atom stereocenters. The summed E-state index contributed by atoms with van der Waals surface area (Å²) < 4.78 is 2.14. The summed E-state index contributed by atoms with van der Waals surface area (Å²) in [6, 6.07) is 10.3. The van der Waals surface area contributed by atoms with E-state index >= 15 is 0 Å². The molecule has 0 bridgehead atoms. The van der Waals surface area contributed by atoms with Gasteiger partial charge in [0.2, 0.25) is 0 Å². The molecule has 6 nitrogen and oxygen atoms in total. The third-order valence-electron chi connectivity index (χ3n) is 6.39. The lowest BCUT2D eigenvalue weighted by atomic mass is 9.77. The van der Waals surface area contributed by atoms with E-state index in [4.69, 9.17) is 4.98 Å². The van der Waals surface area contributed by atoms with Crippen molar-refractivity contribution in [3.05, 3.63) is 59.9 Å². The maximum Gasteiger partial charge on any atom is 0.159 e. The van der Waals surface area contributed by atoms with Gasteiger partial charge in [-0.25, -0.2) is 9.97 Å². The second-order valence-electron chi connectivity index (χ2n) is 8.17. The molecule has 2 aromatic heterocycles. The van der Waals surface area contributed by atoms with Crippen LogP contribution >= 0.6 is 0 Å². The molecule has 0 saturated carbocycles. The van der Waals surface area contributed by atoms with Crippen molar-refractivity contribution in [3.63, 3.8) is 0 Å². The van der Waals surface area contributed by atoms with Crippen LogP contribution in [0.3, 0.4) is 0 Å². The Morgan fingerprint density at radius 2 is 2.00 bits per heavy atom. The summed E-state index contributed by atoms with van der Waals surface area (Å²) in [7, 11) is 0. The first-order chi connectivity index (χ1) is 13.7. The molecule has 3 aromatic rings. The van der Waals surface area contributed by atoms with E-state index in [1.807, 2.05) is 19.3 Å². The van der Waals surface area contributed by atoms with Crippen LogP contribution in [0.5, 0.6) is 0 Å². The molecular weight excluding hydrogens is 348 g/mol. The highest BCUT2D eigenvalue weighted by Crippen LogP contribution is 2.44. The van der Waals surface area contributed by atoms with Crippen molar-refractivity contribution in [2.75, 3.05) is 19.6 Å². The van der Waals surface area contributed by atoms with Gasteiger partial charge in [-0.15, -0.1) is 10.2 Å². The minimum absolute atomic E-state index is 0.183. The van der Waals surface area contributed by atoms with E-state index in [1.54, 1.807) is 0 Å². The Labute approximate surface area is 165 Å². The van der Waals surface area contributed by atoms with E-state index in [9.17, 15) is 0 Å². The molecule has 0 N–H and O–H groups in total. The van der Waals surface area contributed by atoms with E-state index in [0.717, 1.165) is 49.8 Å². The van der Waals surface area contributed by atoms with Crippen LogP contribution in [0.15, 0.2) is 42.9 Å². The molecule has 1 aromatic carbocycles. The minimum Gasteiger partial charge on any atom is -0.317 e. The Hall–Kier alpha value is -2.60. The van der Waals surface area contributed by atoms with Crippen LogP contribution in [-0.2, 0) is 18.4 Å². The molecule has 1 unspecified atom stereocenters. The van der Waals surface area contributed by atoms with Gasteiger partial charge in [-0.05, 0) is 44.7 Å². The Morgan fingerprint density at radius 1 is 1.11 bits per heavy atom. The number of aromatic nitrogens is 5. The average Bonchev–Trinajstić information content (AvgIpc) is 3.31. The first-order valence-corrected chi connectivity index (χ1v) is 10.2. The largest absolute Gasteiger partial charge is 0.317 e. The predicted molar refractivity (Wildman–Crippen MR) is 108 cm³/mol. The Balaban J connectivity index is 1.38. The van der Waals surface area contributed by atoms with Crippen LogP contribution in [0, 0.1) is 6.92 Å². The normalized spacial score (nSPS) is 21.9. The zero-order valence-electron chi connectivity index (χ0n) is 16.4. The summed E-state index contributed by atoms with van der Waals surface area (Å²) in [6.07, 6.45) is 8.65. The molecule has 2 aliphatic rings. The van der Waals surface area contributed by atoms with Crippen molar-refractivity contribution < 1.29 is 0 Å². The highest BCUT2D eigenvalue weighted by atomic mass is 15.3. The average molecular weight is 374 g/mol. The number of hydrogen-bond acceptors (Lipinski definition) is 5. The third kappa shape index (κ3) is 3.11. The van der Waals surface area contributed by atoms with Crippen LogP contribution in [0.2, 0.25) is 0 Å². The first kappa shape index (κ1) is 17.5. The second-order valence-corrected chi connectivity index (χ2v) is 8.17. The fraction of sp³-hybridized carbons (Fsp3) is 0.455. The number of benzene rings is 1. The van der Waals surface area contributed by atoms with E-state index in [-0.39, 0.29) is 5.41 Å². The zero-order valence-corrected chi connectivity index (χ0v) is 16.4. The van der Waals surface area contributed by atoms with E-state index in [1.165, 1.54) is 30.5 Å². The molecule has 1 saturated heterocycles. The molecule has 1 fully saturated rings. The monoisotopic (exact) mass is 374 g/mol. The summed E-state index contributed by atoms with van der Waals surface area (Å²) in [5.41, 5.74) is 3.92. The van der Waals surface area contributed by atoms with Gasteiger partial charge in [0.25, 0.3) is 0 Å². The van der Waals surface area contributed by atoms with Gasteiger partial charge in [0, 0.05) is 36.8 Å². The summed E-state index contributed by atoms with van der Waals surface area (Å²) in [6.45, 7) is 6.24. The lowest BCUT2D eigenvalue weighted by Gasteiger charge is -2.40. The molecule has 28 heavy (non-hydrogen) atoms. The number of piperidine rings is 1. The van der Waals surface area contributed by atoms with Gasteiger partial charge in [0.15, 0.2) is 5.82 Å². The maximum absolute atomic E-state index is 5.10. The number of aryl methyl sites for hydroxylation is 2. The second kappa shape index (κ2) is 7.09. The molecule has 1 aliphatic carbocycles. The summed E-state index contributed by atoms with van der Waals surface area (Å²) in [5, 5.41) is 8.10. The van der Waals surface area contributed by atoms with Gasteiger partial charge in [-0.3, -0.25) is 0 Å². The molecule has 144 valence electrons. The molecular formula is C22H26N6. The Morgan fingerprint density at radius 3 is 2.82 bits per heavy atom. The van der Waals surface area contributed by atoms with Crippen molar-refractivity contribution in [2.45, 2.75) is 44.6 Å². The summed E-state index contributed by atoms with van der Waals surface area (Å²) in [4.78, 5) is 12.4. The number of nitrogens with zero attached hydrogens (tertiary/aromatic N) is 6. The quantitative estimate of drug-likeness (QED) is 0.703. The Kier molecular flexibility index (Phi) is 4.43. The highest BCUT2D eigenvalue weighted by Gasteiger charge is 2.43. The van der Waals surface area contributed by atoms with Crippen LogP contribution in [-0.4, -0.2) is 49.3 Å². The van der Waals surface area contributed by atoms with Crippen molar-refractivity contribution >= 4 is 0 Å². The van der Waals surface area contributed by atoms with Gasteiger partial charge in [-0.1, -0.05) is 30.3 Å². The molecule has 3 heterocycles. The van der Waals surface area contributed by atoms with Gasteiger partial charge >= 0.3 is 0 Å². The molecule has 6 heteroatoms. The van der Waals surface area contributed by atoms with E-state index in [0.29, 0.717) is 0 Å². The molecule has 0 radical (unpaired) electrons. The standard InChI is InChI=1S/C22H26N6/c1-17-26-24-16-28(17)13-12-27-11-5-9-22(15-27)10-8-19-14-23-21(25-20(19)22)18-6-3-2-4-7-18/h2-4,6-7,14,16H,5,8-13,15H2,1H3. The number of hydrogen-bond donors (Lipinski definition) is 0. The lowest BCUT2D eigenvalue weighted by Crippen LogP contribution is -2.46.